The van der Waals surface area contributed by atoms with Crippen molar-refractivity contribution in [1.29, 1.82) is 0 Å². The van der Waals surface area contributed by atoms with E-state index >= 15 is 0 Å². The third kappa shape index (κ3) is 2.68. The van der Waals surface area contributed by atoms with E-state index in [-0.39, 0.29) is 6.04 Å². The number of nitrogens with two attached hydrogens (primary N) is 1. The lowest BCUT2D eigenvalue weighted by Gasteiger charge is -2.13. The third-order valence-electron chi connectivity index (χ3n) is 2.63. The largest absolute Gasteiger partial charge is 0.324 e. The molecule has 0 aliphatic heterocycles. The number of hydrogen-bond acceptors (Lipinski definition) is 4. The summed E-state index contributed by atoms with van der Waals surface area (Å²) >= 11 is 1.60. The molecule has 0 bridgehead atoms. The predicted molar refractivity (Wildman–Crippen MR) is 68.8 cm³/mol. The number of aryl methyl sites for hydroxylation is 1. The molecule has 1 heterocycles. The zero-order valence-corrected chi connectivity index (χ0v) is 10.8. The van der Waals surface area contributed by atoms with Crippen LogP contribution >= 0.6 is 11.8 Å². The smallest absolute Gasteiger partial charge is 0.195 e. The van der Waals surface area contributed by atoms with Crippen LogP contribution in [0.3, 0.4) is 0 Å². The number of rotatable bonds is 4. The van der Waals surface area contributed by atoms with Gasteiger partial charge in [0.2, 0.25) is 0 Å². The van der Waals surface area contributed by atoms with E-state index in [1.807, 2.05) is 23.7 Å². The summed E-state index contributed by atoms with van der Waals surface area (Å²) in [6.45, 7) is 2.09. The highest BCUT2D eigenvalue weighted by Gasteiger charge is 2.11. The van der Waals surface area contributed by atoms with E-state index in [2.05, 4.69) is 29.3 Å². The van der Waals surface area contributed by atoms with Crippen molar-refractivity contribution in [3.63, 3.8) is 0 Å². The molecule has 2 rings (SSSR count). The molecule has 90 valence electrons. The molecule has 2 aromatic rings. The normalized spacial score (nSPS) is 12.6. The Morgan fingerprint density at radius 1 is 1.41 bits per heavy atom. The predicted octanol–water partition coefficient (Wildman–Crippen LogP) is 2.38. The molecule has 1 aromatic heterocycles. The van der Waals surface area contributed by atoms with Crippen LogP contribution in [0.4, 0.5) is 0 Å². The van der Waals surface area contributed by atoms with Gasteiger partial charge in [0, 0.05) is 18.0 Å². The average molecular weight is 248 g/mol. The fraction of sp³-hybridized carbons (Fsp3) is 0.333. The van der Waals surface area contributed by atoms with E-state index in [1.54, 1.807) is 18.1 Å². The summed E-state index contributed by atoms with van der Waals surface area (Å²) in [5, 5.41) is 8.82. The van der Waals surface area contributed by atoms with Crippen LogP contribution in [0.5, 0.6) is 0 Å². The van der Waals surface area contributed by atoms with Crippen LogP contribution in [0.15, 0.2) is 40.6 Å². The van der Waals surface area contributed by atoms with E-state index in [0.29, 0.717) is 0 Å². The minimum atomic E-state index is 0.0759. The summed E-state index contributed by atoms with van der Waals surface area (Å²) in [6.07, 6.45) is 2.63. The molecule has 0 spiro atoms. The first-order chi connectivity index (χ1) is 8.22. The molecule has 0 saturated carbocycles. The van der Waals surface area contributed by atoms with Gasteiger partial charge in [0.25, 0.3) is 0 Å². The van der Waals surface area contributed by atoms with Gasteiger partial charge in [-0.15, -0.1) is 10.2 Å². The lowest BCUT2D eigenvalue weighted by Crippen LogP contribution is -2.09. The summed E-state index contributed by atoms with van der Waals surface area (Å²) < 4.78 is 1.90. The standard InChI is InChI=1S/C12H16N4S/c1-3-10(13)9-6-4-5-7-11(9)17-12-15-14-8-16(12)2/h4-8,10H,3,13H2,1-2H3/t10-/m1/s1. The second kappa shape index (κ2) is 5.33. The number of aromatic nitrogens is 3. The van der Waals surface area contributed by atoms with Crippen molar-refractivity contribution in [1.82, 2.24) is 14.8 Å². The Labute approximate surface area is 105 Å². The van der Waals surface area contributed by atoms with Crippen molar-refractivity contribution >= 4 is 11.8 Å². The molecule has 0 aliphatic carbocycles. The van der Waals surface area contributed by atoms with Crippen LogP contribution in [-0.2, 0) is 7.05 Å². The van der Waals surface area contributed by atoms with Crippen LogP contribution < -0.4 is 5.73 Å². The van der Waals surface area contributed by atoms with Crippen LogP contribution in [0, 0.1) is 0 Å². The number of hydrogen-bond donors (Lipinski definition) is 1. The number of benzene rings is 1. The Bertz CT molecular complexity index is 495. The van der Waals surface area contributed by atoms with Gasteiger partial charge in [-0.3, -0.25) is 0 Å². The zero-order valence-electron chi connectivity index (χ0n) is 10.00. The Balaban J connectivity index is 2.30. The first kappa shape index (κ1) is 12.1. The van der Waals surface area contributed by atoms with Crippen LogP contribution in [0.1, 0.15) is 24.9 Å². The molecule has 0 fully saturated rings. The second-order valence-corrected chi connectivity index (χ2v) is 4.89. The monoisotopic (exact) mass is 248 g/mol. The maximum Gasteiger partial charge on any atom is 0.195 e. The molecule has 0 unspecified atom stereocenters. The zero-order chi connectivity index (χ0) is 12.3. The van der Waals surface area contributed by atoms with Gasteiger partial charge in [-0.05, 0) is 29.8 Å². The number of nitrogens with zero attached hydrogens (tertiary/aromatic N) is 3. The highest BCUT2D eigenvalue weighted by molar-refractivity contribution is 7.99. The summed E-state index contributed by atoms with van der Waals surface area (Å²) in [4.78, 5) is 1.15. The van der Waals surface area contributed by atoms with Crippen LogP contribution in [-0.4, -0.2) is 14.8 Å². The van der Waals surface area contributed by atoms with Gasteiger partial charge in [-0.1, -0.05) is 25.1 Å². The van der Waals surface area contributed by atoms with E-state index in [4.69, 9.17) is 5.73 Å². The first-order valence-electron chi connectivity index (χ1n) is 5.58. The molecule has 1 aromatic carbocycles. The molecule has 5 heteroatoms. The van der Waals surface area contributed by atoms with Crippen molar-refractivity contribution < 1.29 is 0 Å². The van der Waals surface area contributed by atoms with Crippen molar-refractivity contribution in [2.75, 3.05) is 0 Å². The SMILES string of the molecule is CC[C@@H](N)c1ccccc1Sc1nncn1C. The molecule has 2 N–H and O–H groups in total. The van der Waals surface area contributed by atoms with Crippen molar-refractivity contribution in [2.45, 2.75) is 29.4 Å². The van der Waals surface area contributed by atoms with Gasteiger partial charge in [0.05, 0.1) is 0 Å². The van der Waals surface area contributed by atoms with E-state index in [0.717, 1.165) is 16.5 Å². The molecule has 0 amide bonds. The summed E-state index contributed by atoms with van der Waals surface area (Å²) in [6, 6.07) is 8.26. The van der Waals surface area contributed by atoms with Gasteiger partial charge >= 0.3 is 0 Å². The molecular weight excluding hydrogens is 232 g/mol. The average Bonchev–Trinajstić information content (AvgIpc) is 2.75. The van der Waals surface area contributed by atoms with Crippen LogP contribution in [0.25, 0.3) is 0 Å². The molecule has 0 saturated heterocycles. The lowest BCUT2D eigenvalue weighted by atomic mass is 10.1. The van der Waals surface area contributed by atoms with Crippen molar-refractivity contribution in [3.05, 3.63) is 36.2 Å². The third-order valence-corrected chi connectivity index (χ3v) is 3.77. The Kier molecular flexibility index (Phi) is 3.81. The Morgan fingerprint density at radius 3 is 2.82 bits per heavy atom. The minimum Gasteiger partial charge on any atom is -0.324 e. The Morgan fingerprint density at radius 2 is 2.18 bits per heavy atom. The molecule has 0 radical (unpaired) electrons. The van der Waals surface area contributed by atoms with E-state index in [9.17, 15) is 0 Å². The topological polar surface area (TPSA) is 56.7 Å². The van der Waals surface area contributed by atoms with Gasteiger partial charge in [0.1, 0.15) is 6.33 Å². The highest BCUT2D eigenvalue weighted by Crippen LogP contribution is 2.31. The Hall–Kier alpha value is -1.33. The van der Waals surface area contributed by atoms with Gasteiger partial charge in [-0.2, -0.15) is 0 Å². The van der Waals surface area contributed by atoms with Gasteiger partial charge in [-0.25, -0.2) is 0 Å². The molecule has 17 heavy (non-hydrogen) atoms. The minimum absolute atomic E-state index is 0.0759. The fourth-order valence-corrected chi connectivity index (χ4v) is 2.52. The first-order valence-corrected chi connectivity index (χ1v) is 6.40. The van der Waals surface area contributed by atoms with Crippen molar-refractivity contribution in [3.8, 4) is 0 Å². The van der Waals surface area contributed by atoms with Crippen LogP contribution in [0.2, 0.25) is 0 Å². The molecule has 4 nitrogen and oxygen atoms in total. The molecule has 0 aliphatic rings. The molecule has 1 atom stereocenters. The highest BCUT2D eigenvalue weighted by atomic mass is 32.2. The second-order valence-electron chi connectivity index (χ2n) is 3.88. The quantitative estimate of drug-likeness (QED) is 0.902. The maximum absolute atomic E-state index is 6.11. The van der Waals surface area contributed by atoms with Crippen molar-refractivity contribution in [2.24, 2.45) is 12.8 Å². The summed E-state index contributed by atoms with van der Waals surface area (Å²) in [7, 11) is 1.94. The maximum atomic E-state index is 6.11. The van der Waals surface area contributed by atoms with Gasteiger partial charge in [0.15, 0.2) is 5.16 Å². The van der Waals surface area contributed by atoms with E-state index in [1.165, 1.54) is 5.56 Å². The van der Waals surface area contributed by atoms with E-state index < -0.39 is 0 Å². The summed E-state index contributed by atoms with van der Waals surface area (Å²) in [5.41, 5.74) is 7.28. The molecular formula is C12H16N4S. The van der Waals surface area contributed by atoms with Gasteiger partial charge < -0.3 is 10.3 Å². The summed E-state index contributed by atoms with van der Waals surface area (Å²) in [5.74, 6) is 0. The lowest BCUT2D eigenvalue weighted by molar-refractivity contribution is 0.685. The fourth-order valence-electron chi connectivity index (χ4n) is 1.56.